The zero-order valence-electron chi connectivity index (χ0n) is 11.0. The molecule has 1 heterocycles. The van der Waals surface area contributed by atoms with E-state index < -0.39 is 0 Å². The summed E-state index contributed by atoms with van der Waals surface area (Å²) in [5.41, 5.74) is 0. The standard InChI is InChI=1S/C15H25NO/c1-11(17)7-15-3-2-6-16(15)10-14-9-12-4-5-13(14)8-12/h12-15H,2-10H2,1H3. The normalized spacial score (nSPS) is 41.2. The van der Waals surface area contributed by atoms with E-state index >= 15 is 0 Å². The summed E-state index contributed by atoms with van der Waals surface area (Å²) in [6.45, 7) is 4.28. The molecular weight excluding hydrogens is 210 g/mol. The molecule has 0 radical (unpaired) electrons. The topological polar surface area (TPSA) is 20.3 Å². The molecule has 2 bridgehead atoms. The van der Waals surface area contributed by atoms with Gasteiger partial charge in [-0.2, -0.15) is 0 Å². The Bertz CT molecular complexity index is 301. The third kappa shape index (κ3) is 2.42. The molecule has 3 rings (SSSR count). The maximum absolute atomic E-state index is 11.3. The van der Waals surface area contributed by atoms with Crippen LogP contribution in [0.25, 0.3) is 0 Å². The minimum Gasteiger partial charge on any atom is -0.300 e. The van der Waals surface area contributed by atoms with Gasteiger partial charge in [0, 0.05) is 19.0 Å². The molecular formula is C15H25NO. The lowest BCUT2D eigenvalue weighted by Gasteiger charge is -2.30. The number of hydrogen-bond donors (Lipinski definition) is 0. The molecule has 17 heavy (non-hydrogen) atoms. The van der Waals surface area contributed by atoms with Gasteiger partial charge >= 0.3 is 0 Å². The molecule has 4 unspecified atom stereocenters. The van der Waals surface area contributed by atoms with Crippen LogP contribution in [0.1, 0.15) is 51.9 Å². The fourth-order valence-corrected chi connectivity index (χ4v) is 4.60. The summed E-state index contributed by atoms with van der Waals surface area (Å²) in [7, 11) is 0. The van der Waals surface area contributed by atoms with Crippen molar-refractivity contribution in [3.05, 3.63) is 0 Å². The monoisotopic (exact) mass is 235 g/mol. The fourth-order valence-electron chi connectivity index (χ4n) is 4.60. The molecule has 1 saturated heterocycles. The van der Waals surface area contributed by atoms with Crippen LogP contribution in [0.4, 0.5) is 0 Å². The number of ketones is 1. The van der Waals surface area contributed by atoms with Crippen LogP contribution in [-0.2, 0) is 4.79 Å². The second-order valence-corrected chi connectivity index (χ2v) is 6.63. The Hall–Kier alpha value is -0.370. The van der Waals surface area contributed by atoms with Gasteiger partial charge in [-0.3, -0.25) is 9.69 Å². The molecule has 0 aromatic rings. The zero-order chi connectivity index (χ0) is 11.8. The zero-order valence-corrected chi connectivity index (χ0v) is 11.0. The van der Waals surface area contributed by atoms with Crippen molar-refractivity contribution in [2.24, 2.45) is 17.8 Å². The number of rotatable bonds is 4. The molecule has 2 aliphatic carbocycles. The summed E-state index contributed by atoms with van der Waals surface area (Å²) in [6, 6.07) is 0.576. The average Bonchev–Trinajstić information content (AvgIpc) is 2.95. The molecule has 0 spiro atoms. The van der Waals surface area contributed by atoms with Crippen molar-refractivity contribution in [1.29, 1.82) is 0 Å². The summed E-state index contributed by atoms with van der Waals surface area (Å²) >= 11 is 0. The van der Waals surface area contributed by atoms with E-state index in [0.717, 1.165) is 24.2 Å². The van der Waals surface area contributed by atoms with Crippen LogP contribution < -0.4 is 0 Å². The summed E-state index contributed by atoms with van der Waals surface area (Å²) in [6.07, 6.45) is 9.32. The van der Waals surface area contributed by atoms with E-state index in [-0.39, 0.29) is 0 Å². The molecule has 0 aromatic carbocycles. The van der Waals surface area contributed by atoms with Gasteiger partial charge in [0.15, 0.2) is 0 Å². The minimum absolute atomic E-state index is 0.370. The highest BCUT2D eigenvalue weighted by Crippen LogP contribution is 2.48. The summed E-state index contributed by atoms with van der Waals surface area (Å²) in [5, 5.41) is 0. The van der Waals surface area contributed by atoms with Crippen molar-refractivity contribution in [1.82, 2.24) is 4.90 Å². The molecule has 4 atom stereocenters. The number of hydrogen-bond acceptors (Lipinski definition) is 2. The lowest BCUT2D eigenvalue weighted by Crippen LogP contribution is -2.36. The maximum Gasteiger partial charge on any atom is 0.131 e. The number of carbonyl (C=O) groups is 1. The van der Waals surface area contributed by atoms with Crippen molar-refractivity contribution >= 4 is 5.78 Å². The second-order valence-electron chi connectivity index (χ2n) is 6.63. The number of Topliss-reactive ketones (excluding diaryl/α,β-unsaturated/α-hetero) is 1. The van der Waals surface area contributed by atoms with Gasteiger partial charge in [-0.15, -0.1) is 0 Å². The van der Waals surface area contributed by atoms with Crippen LogP contribution >= 0.6 is 0 Å². The van der Waals surface area contributed by atoms with Crippen molar-refractivity contribution in [2.45, 2.75) is 57.9 Å². The molecule has 3 aliphatic rings. The number of carbonyl (C=O) groups excluding carboxylic acids is 1. The molecule has 2 heteroatoms. The molecule has 3 fully saturated rings. The van der Waals surface area contributed by atoms with Crippen LogP contribution in [0.15, 0.2) is 0 Å². The highest BCUT2D eigenvalue weighted by atomic mass is 16.1. The van der Waals surface area contributed by atoms with E-state index in [1.807, 2.05) is 0 Å². The maximum atomic E-state index is 11.3. The van der Waals surface area contributed by atoms with Gasteiger partial charge in [-0.25, -0.2) is 0 Å². The van der Waals surface area contributed by atoms with Gasteiger partial charge in [0.1, 0.15) is 5.78 Å². The highest BCUT2D eigenvalue weighted by molar-refractivity contribution is 5.76. The highest BCUT2D eigenvalue weighted by Gasteiger charge is 2.41. The number of fused-ring (bicyclic) bond motifs is 2. The van der Waals surface area contributed by atoms with Crippen LogP contribution in [0.5, 0.6) is 0 Å². The number of nitrogens with zero attached hydrogens (tertiary/aromatic N) is 1. The molecule has 2 nitrogen and oxygen atoms in total. The first-order valence-electron chi connectivity index (χ1n) is 7.46. The lowest BCUT2D eigenvalue weighted by molar-refractivity contribution is -0.118. The van der Waals surface area contributed by atoms with E-state index in [1.165, 1.54) is 51.6 Å². The Morgan fingerprint density at radius 1 is 1.24 bits per heavy atom. The Labute approximate surface area is 105 Å². The first-order valence-corrected chi connectivity index (χ1v) is 7.46. The largest absolute Gasteiger partial charge is 0.300 e. The molecule has 0 N–H and O–H groups in total. The van der Waals surface area contributed by atoms with Crippen LogP contribution in [0.3, 0.4) is 0 Å². The summed E-state index contributed by atoms with van der Waals surface area (Å²) in [5.74, 6) is 3.41. The van der Waals surface area contributed by atoms with E-state index in [4.69, 9.17) is 0 Å². The third-order valence-corrected chi connectivity index (χ3v) is 5.38. The van der Waals surface area contributed by atoms with Gasteiger partial charge in [0.2, 0.25) is 0 Å². The van der Waals surface area contributed by atoms with Crippen molar-refractivity contribution in [2.75, 3.05) is 13.1 Å². The lowest BCUT2D eigenvalue weighted by atomic mass is 9.88. The third-order valence-electron chi connectivity index (χ3n) is 5.38. The van der Waals surface area contributed by atoms with Gasteiger partial charge in [-0.1, -0.05) is 6.42 Å². The first kappa shape index (κ1) is 11.7. The summed E-state index contributed by atoms with van der Waals surface area (Å²) in [4.78, 5) is 13.9. The Morgan fingerprint density at radius 2 is 2.12 bits per heavy atom. The quantitative estimate of drug-likeness (QED) is 0.747. The smallest absolute Gasteiger partial charge is 0.131 e. The Morgan fingerprint density at radius 3 is 2.76 bits per heavy atom. The van der Waals surface area contributed by atoms with Crippen LogP contribution in [0.2, 0.25) is 0 Å². The predicted octanol–water partition coefficient (Wildman–Crippen LogP) is 2.87. The molecule has 0 aromatic heterocycles. The average molecular weight is 235 g/mol. The Kier molecular flexibility index (Phi) is 3.25. The first-order chi connectivity index (χ1) is 8.22. The van der Waals surface area contributed by atoms with Crippen molar-refractivity contribution < 1.29 is 4.79 Å². The minimum atomic E-state index is 0.370. The van der Waals surface area contributed by atoms with Gasteiger partial charge < -0.3 is 0 Å². The summed E-state index contributed by atoms with van der Waals surface area (Å²) < 4.78 is 0. The fraction of sp³-hybridized carbons (Fsp3) is 0.933. The van der Waals surface area contributed by atoms with Gasteiger partial charge in [0.05, 0.1) is 0 Å². The van der Waals surface area contributed by atoms with Gasteiger partial charge in [-0.05, 0) is 63.3 Å². The van der Waals surface area contributed by atoms with E-state index in [9.17, 15) is 4.79 Å². The van der Waals surface area contributed by atoms with E-state index in [2.05, 4.69) is 4.90 Å². The van der Waals surface area contributed by atoms with Crippen molar-refractivity contribution in [3.8, 4) is 0 Å². The van der Waals surface area contributed by atoms with E-state index in [0.29, 0.717) is 11.8 Å². The van der Waals surface area contributed by atoms with Crippen LogP contribution in [0, 0.1) is 17.8 Å². The Balaban J connectivity index is 1.55. The SMILES string of the molecule is CC(=O)CC1CCCN1CC1CC2CCC1C2. The second kappa shape index (κ2) is 4.72. The van der Waals surface area contributed by atoms with Crippen LogP contribution in [-0.4, -0.2) is 29.8 Å². The van der Waals surface area contributed by atoms with E-state index in [1.54, 1.807) is 6.92 Å². The molecule has 2 saturated carbocycles. The predicted molar refractivity (Wildman–Crippen MR) is 68.8 cm³/mol. The molecule has 0 amide bonds. The van der Waals surface area contributed by atoms with Gasteiger partial charge in [0.25, 0.3) is 0 Å². The number of likely N-dealkylation sites (tertiary alicyclic amines) is 1. The molecule has 1 aliphatic heterocycles. The van der Waals surface area contributed by atoms with Crippen molar-refractivity contribution in [3.63, 3.8) is 0 Å². The molecule has 96 valence electrons.